The molecule has 6 nitrogen and oxygen atoms in total. The van der Waals surface area contributed by atoms with Crippen molar-refractivity contribution < 1.29 is 23.8 Å². The van der Waals surface area contributed by atoms with Gasteiger partial charge in [0.2, 0.25) is 5.91 Å². The van der Waals surface area contributed by atoms with Crippen LogP contribution in [-0.4, -0.2) is 35.3 Å². The van der Waals surface area contributed by atoms with Crippen molar-refractivity contribution in [2.24, 2.45) is 11.8 Å². The summed E-state index contributed by atoms with van der Waals surface area (Å²) in [4.78, 5) is 27.5. The Morgan fingerprint density at radius 3 is 2.55 bits per heavy atom. The molecule has 2 N–H and O–H groups in total. The van der Waals surface area contributed by atoms with Crippen LogP contribution < -0.4 is 10.2 Å². The molecule has 2 aliphatic rings. The number of carbonyl (C=O) groups is 2. The van der Waals surface area contributed by atoms with Crippen LogP contribution >= 0.6 is 0 Å². The van der Waals surface area contributed by atoms with Gasteiger partial charge >= 0.3 is 0 Å². The van der Waals surface area contributed by atoms with Crippen LogP contribution in [0.1, 0.15) is 45.2 Å². The Bertz CT molecular complexity index is 1050. The first-order valence-electron chi connectivity index (χ1n) is 11.3. The van der Waals surface area contributed by atoms with E-state index < -0.39 is 29.2 Å². The molecule has 2 aliphatic heterocycles. The average molecular weight is 455 g/mol. The standard InChI is InChI=1S/C26H31FN2O4/c1-16-23(25(3,4)27)22(12-13-30)33-26(16)20-14-19(28-17(2)31)10-11-21(20)29(24(26)32)15-18-8-6-5-7-9-18/h5-11,14,16,22-23,30H,12-13,15H2,1-4H3,(H,28,31)/t16-,22+,23-,26+/m1/s1. The van der Waals surface area contributed by atoms with Gasteiger partial charge in [0, 0.05) is 36.6 Å². The number of halogens is 1. The molecule has 1 spiro atoms. The molecule has 176 valence electrons. The molecule has 0 saturated carbocycles. The van der Waals surface area contributed by atoms with Gasteiger partial charge < -0.3 is 20.1 Å². The van der Waals surface area contributed by atoms with Gasteiger partial charge in [-0.25, -0.2) is 4.39 Å². The maximum atomic E-state index is 15.4. The van der Waals surface area contributed by atoms with Gasteiger partial charge in [-0.2, -0.15) is 0 Å². The van der Waals surface area contributed by atoms with E-state index in [1.807, 2.05) is 37.3 Å². The molecule has 0 unspecified atom stereocenters. The Balaban J connectivity index is 1.86. The number of aliphatic hydroxyl groups excluding tert-OH is 1. The van der Waals surface area contributed by atoms with Crippen LogP contribution in [0.15, 0.2) is 48.5 Å². The van der Waals surface area contributed by atoms with Crippen LogP contribution in [0.25, 0.3) is 0 Å². The summed E-state index contributed by atoms with van der Waals surface area (Å²) in [5.74, 6) is -1.56. The fourth-order valence-corrected chi connectivity index (χ4v) is 5.65. The van der Waals surface area contributed by atoms with Crippen LogP contribution in [0.3, 0.4) is 0 Å². The molecule has 4 rings (SSSR count). The molecule has 7 heteroatoms. The van der Waals surface area contributed by atoms with Crippen molar-refractivity contribution >= 4 is 23.2 Å². The molecule has 2 aromatic rings. The zero-order chi connectivity index (χ0) is 24.0. The minimum Gasteiger partial charge on any atom is -0.396 e. The minimum atomic E-state index is -1.62. The number of fused-ring (bicyclic) bond motifs is 2. The smallest absolute Gasteiger partial charge is 0.264 e. The number of rotatable bonds is 6. The first-order valence-corrected chi connectivity index (χ1v) is 11.3. The zero-order valence-electron chi connectivity index (χ0n) is 19.5. The Kier molecular flexibility index (Phi) is 6.05. The largest absolute Gasteiger partial charge is 0.396 e. The number of aliphatic hydroxyl groups is 1. The third kappa shape index (κ3) is 3.93. The average Bonchev–Trinajstić information content (AvgIpc) is 3.16. The maximum absolute atomic E-state index is 15.4. The van der Waals surface area contributed by atoms with Crippen molar-refractivity contribution in [2.45, 2.75) is 58.0 Å². The topological polar surface area (TPSA) is 78.9 Å². The van der Waals surface area contributed by atoms with Gasteiger partial charge in [-0.3, -0.25) is 9.59 Å². The fourth-order valence-electron chi connectivity index (χ4n) is 5.65. The summed E-state index contributed by atoms with van der Waals surface area (Å²) in [7, 11) is 0. The van der Waals surface area contributed by atoms with E-state index in [2.05, 4.69) is 5.32 Å². The Labute approximate surface area is 193 Å². The Morgan fingerprint density at radius 2 is 1.94 bits per heavy atom. The van der Waals surface area contributed by atoms with Crippen molar-refractivity contribution in [2.75, 3.05) is 16.8 Å². The third-order valence-electron chi connectivity index (χ3n) is 6.88. The number of anilines is 2. The van der Waals surface area contributed by atoms with Crippen molar-refractivity contribution in [3.05, 3.63) is 59.7 Å². The van der Waals surface area contributed by atoms with E-state index >= 15 is 4.39 Å². The number of carbonyl (C=O) groups excluding carboxylic acids is 2. The Morgan fingerprint density at radius 1 is 1.24 bits per heavy atom. The monoisotopic (exact) mass is 454 g/mol. The van der Waals surface area contributed by atoms with E-state index in [4.69, 9.17) is 4.74 Å². The summed E-state index contributed by atoms with van der Waals surface area (Å²) in [5.41, 5.74) is -0.202. The number of ether oxygens (including phenoxy) is 1. The highest BCUT2D eigenvalue weighted by molar-refractivity contribution is 6.08. The number of hydrogen-bond donors (Lipinski definition) is 2. The normalized spacial score (nSPS) is 26.7. The summed E-state index contributed by atoms with van der Waals surface area (Å²) in [6.45, 7) is 6.44. The molecule has 0 aromatic heterocycles. The van der Waals surface area contributed by atoms with Crippen molar-refractivity contribution in [1.82, 2.24) is 0 Å². The quantitative estimate of drug-likeness (QED) is 0.687. The number of alkyl halides is 1. The zero-order valence-corrected chi connectivity index (χ0v) is 19.5. The number of nitrogens with zero attached hydrogens (tertiary/aromatic N) is 1. The molecule has 4 atom stereocenters. The van der Waals surface area contributed by atoms with Gasteiger partial charge in [0.15, 0.2) is 5.60 Å². The molecule has 2 aromatic carbocycles. The number of hydrogen-bond acceptors (Lipinski definition) is 4. The third-order valence-corrected chi connectivity index (χ3v) is 6.88. The van der Waals surface area contributed by atoms with Crippen LogP contribution in [0.4, 0.5) is 15.8 Å². The van der Waals surface area contributed by atoms with E-state index in [1.54, 1.807) is 23.1 Å². The second-order valence-electron chi connectivity index (χ2n) is 9.57. The number of benzene rings is 2. The highest BCUT2D eigenvalue weighted by atomic mass is 19.1. The van der Waals surface area contributed by atoms with Crippen molar-refractivity contribution in [1.29, 1.82) is 0 Å². The van der Waals surface area contributed by atoms with Gasteiger partial charge in [0.05, 0.1) is 18.3 Å². The second kappa shape index (κ2) is 8.54. The van der Waals surface area contributed by atoms with E-state index in [-0.39, 0.29) is 24.8 Å². The molecule has 2 heterocycles. The lowest BCUT2D eigenvalue weighted by Gasteiger charge is -2.32. The predicted octanol–water partition coefficient (Wildman–Crippen LogP) is 4.17. The van der Waals surface area contributed by atoms with Crippen LogP contribution in [-0.2, 0) is 26.5 Å². The highest BCUT2D eigenvalue weighted by Gasteiger charge is 2.66. The highest BCUT2D eigenvalue weighted by Crippen LogP contribution is 2.58. The molecule has 0 bridgehead atoms. The SMILES string of the molecule is CC(=O)Nc1ccc2c(c1)[C@]1(O[C@@H](CCO)[C@H](C(C)(C)F)[C@H]1C)C(=O)N2Cc1ccccc1. The van der Waals surface area contributed by atoms with E-state index in [0.29, 0.717) is 23.5 Å². The molecule has 1 saturated heterocycles. The first kappa shape index (κ1) is 23.4. The lowest BCUT2D eigenvalue weighted by Crippen LogP contribution is -2.45. The first-order chi connectivity index (χ1) is 15.6. The molecular formula is C26H31FN2O4. The van der Waals surface area contributed by atoms with E-state index in [0.717, 1.165) is 5.56 Å². The van der Waals surface area contributed by atoms with Gasteiger partial charge in [-0.15, -0.1) is 0 Å². The second-order valence-corrected chi connectivity index (χ2v) is 9.57. The minimum absolute atomic E-state index is 0.166. The van der Waals surface area contributed by atoms with Crippen LogP contribution in [0, 0.1) is 11.8 Å². The molecule has 0 radical (unpaired) electrons. The summed E-state index contributed by atoms with van der Waals surface area (Å²) in [5, 5.41) is 12.4. The van der Waals surface area contributed by atoms with Gasteiger partial charge in [0.1, 0.15) is 5.67 Å². The van der Waals surface area contributed by atoms with E-state index in [1.165, 1.54) is 20.8 Å². The Hall–Kier alpha value is -2.77. The van der Waals surface area contributed by atoms with Gasteiger partial charge in [0.25, 0.3) is 5.91 Å². The van der Waals surface area contributed by atoms with Gasteiger partial charge in [-0.05, 0) is 44.0 Å². The van der Waals surface area contributed by atoms with Crippen LogP contribution in [0.5, 0.6) is 0 Å². The molecule has 0 aliphatic carbocycles. The van der Waals surface area contributed by atoms with Gasteiger partial charge in [-0.1, -0.05) is 37.3 Å². The summed E-state index contributed by atoms with van der Waals surface area (Å²) in [6, 6.07) is 15.0. The number of nitrogens with one attached hydrogen (secondary N) is 1. The molecule has 1 fully saturated rings. The number of amides is 2. The summed E-state index contributed by atoms with van der Waals surface area (Å²) < 4.78 is 21.9. The summed E-state index contributed by atoms with van der Waals surface area (Å²) in [6.07, 6.45) is -0.389. The molecular weight excluding hydrogens is 423 g/mol. The maximum Gasteiger partial charge on any atom is 0.264 e. The lowest BCUT2D eigenvalue weighted by atomic mass is 9.71. The fraction of sp³-hybridized carbons (Fsp3) is 0.462. The molecule has 33 heavy (non-hydrogen) atoms. The molecule has 2 amide bonds. The van der Waals surface area contributed by atoms with Crippen molar-refractivity contribution in [3.8, 4) is 0 Å². The lowest BCUT2D eigenvalue weighted by molar-refractivity contribution is -0.146. The summed E-state index contributed by atoms with van der Waals surface area (Å²) >= 11 is 0. The van der Waals surface area contributed by atoms with Crippen molar-refractivity contribution in [3.63, 3.8) is 0 Å². The predicted molar refractivity (Wildman–Crippen MR) is 124 cm³/mol. The van der Waals surface area contributed by atoms with E-state index in [9.17, 15) is 14.7 Å². The van der Waals surface area contributed by atoms with Crippen LogP contribution in [0.2, 0.25) is 0 Å².